The van der Waals surface area contributed by atoms with Gasteiger partial charge in [-0.05, 0) is 43.5 Å². The van der Waals surface area contributed by atoms with E-state index in [1.165, 1.54) is 0 Å². The van der Waals surface area contributed by atoms with Crippen molar-refractivity contribution in [1.82, 2.24) is 5.32 Å². The number of hydrogen-bond donors (Lipinski definition) is 1. The van der Waals surface area contributed by atoms with Crippen LogP contribution in [0, 0.1) is 5.92 Å². The van der Waals surface area contributed by atoms with Crippen molar-refractivity contribution in [3.8, 4) is 0 Å². The van der Waals surface area contributed by atoms with Gasteiger partial charge in [0, 0.05) is 31.4 Å². The number of nitrogens with one attached hydrogen (secondary N) is 1. The first-order chi connectivity index (χ1) is 8.54. The quantitative estimate of drug-likeness (QED) is 0.839. The van der Waals surface area contributed by atoms with Crippen molar-refractivity contribution >= 4 is 11.6 Å². The van der Waals surface area contributed by atoms with Crippen molar-refractivity contribution in [3.63, 3.8) is 0 Å². The molecule has 0 radical (unpaired) electrons. The highest BCUT2D eigenvalue weighted by Gasteiger charge is 2.06. The molecule has 0 spiro atoms. The number of rotatable bonds is 6. The second-order valence-electron chi connectivity index (χ2n) is 5.00. The van der Waals surface area contributed by atoms with Crippen LogP contribution < -0.4 is 10.2 Å². The van der Waals surface area contributed by atoms with E-state index >= 15 is 0 Å². The highest BCUT2D eigenvalue weighted by molar-refractivity contribution is 5.94. The van der Waals surface area contributed by atoms with Crippen LogP contribution in [-0.4, -0.2) is 26.0 Å². The van der Waals surface area contributed by atoms with Gasteiger partial charge in [0.2, 0.25) is 0 Å². The molecule has 0 aliphatic rings. The van der Waals surface area contributed by atoms with Gasteiger partial charge in [-0.2, -0.15) is 0 Å². The van der Waals surface area contributed by atoms with Gasteiger partial charge in [0.15, 0.2) is 0 Å². The summed E-state index contributed by atoms with van der Waals surface area (Å²) in [5.41, 5.74) is 1.86. The van der Waals surface area contributed by atoms with Crippen LogP contribution in [0.1, 0.15) is 37.6 Å². The molecule has 18 heavy (non-hydrogen) atoms. The van der Waals surface area contributed by atoms with Crippen LogP contribution in [0.2, 0.25) is 0 Å². The number of carbonyl (C=O) groups is 1. The molecule has 0 aliphatic carbocycles. The Morgan fingerprint density at radius 2 is 1.89 bits per heavy atom. The van der Waals surface area contributed by atoms with E-state index in [1.54, 1.807) is 0 Å². The van der Waals surface area contributed by atoms with E-state index in [0.717, 1.165) is 30.8 Å². The molecule has 1 aromatic rings. The lowest BCUT2D eigenvalue weighted by molar-refractivity contribution is 0.0952. The SMILES string of the molecule is CCN(C)c1ccc(C(=O)NCCC(C)C)cc1. The standard InChI is InChI=1S/C15H24N2O/c1-5-17(4)14-8-6-13(7-9-14)15(18)16-11-10-12(2)3/h6-9,12H,5,10-11H2,1-4H3,(H,16,18). The number of benzene rings is 1. The van der Waals surface area contributed by atoms with Crippen molar-refractivity contribution in [2.45, 2.75) is 27.2 Å². The van der Waals surface area contributed by atoms with Gasteiger partial charge in [-0.1, -0.05) is 13.8 Å². The Bertz CT molecular complexity index is 371. The Morgan fingerprint density at radius 1 is 1.28 bits per heavy atom. The molecule has 0 fully saturated rings. The smallest absolute Gasteiger partial charge is 0.251 e. The summed E-state index contributed by atoms with van der Waals surface area (Å²) in [4.78, 5) is 14.0. The molecular weight excluding hydrogens is 224 g/mol. The predicted octanol–water partition coefficient (Wildman–Crippen LogP) is 2.92. The summed E-state index contributed by atoms with van der Waals surface area (Å²) >= 11 is 0. The van der Waals surface area contributed by atoms with Gasteiger partial charge in [0.25, 0.3) is 5.91 Å². The van der Waals surface area contributed by atoms with Gasteiger partial charge in [-0.3, -0.25) is 4.79 Å². The monoisotopic (exact) mass is 248 g/mol. The summed E-state index contributed by atoms with van der Waals surface area (Å²) in [6.07, 6.45) is 1.02. The summed E-state index contributed by atoms with van der Waals surface area (Å²) in [5.74, 6) is 0.632. The maximum Gasteiger partial charge on any atom is 0.251 e. The Hall–Kier alpha value is -1.51. The molecule has 0 unspecified atom stereocenters. The van der Waals surface area contributed by atoms with Crippen molar-refractivity contribution in [1.29, 1.82) is 0 Å². The zero-order valence-corrected chi connectivity index (χ0v) is 11.9. The van der Waals surface area contributed by atoms with Crippen LogP contribution in [-0.2, 0) is 0 Å². The van der Waals surface area contributed by atoms with Gasteiger partial charge in [0.05, 0.1) is 0 Å². The van der Waals surface area contributed by atoms with Crippen molar-refractivity contribution in [2.24, 2.45) is 5.92 Å². The lowest BCUT2D eigenvalue weighted by atomic mass is 10.1. The number of nitrogens with zero attached hydrogens (tertiary/aromatic N) is 1. The van der Waals surface area contributed by atoms with Gasteiger partial charge in [0.1, 0.15) is 0 Å². The third-order valence-electron chi connectivity index (χ3n) is 3.05. The van der Waals surface area contributed by atoms with E-state index < -0.39 is 0 Å². The van der Waals surface area contributed by atoms with Crippen LogP contribution >= 0.6 is 0 Å². The van der Waals surface area contributed by atoms with Crippen LogP contribution in [0.4, 0.5) is 5.69 Å². The Labute approximate surface area is 110 Å². The summed E-state index contributed by atoms with van der Waals surface area (Å²) in [5, 5.41) is 2.94. The zero-order valence-electron chi connectivity index (χ0n) is 11.9. The fourth-order valence-corrected chi connectivity index (χ4v) is 1.63. The van der Waals surface area contributed by atoms with Gasteiger partial charge in [-0.15, -0.1) is 0 Å². The molecule has 1 aromatic carbocycles. The van der Waals surface area contributed by atoms with E-state index in [4.69, 9.17) is 0 Å². The normalized spacial score (nSPS) is 10.5. The predicted molar refractivity (Wildman–Crippen MR) is 77.2 cm³/mol. The molecule has 0 atom stereocenters. The molecule has 0 saturated carbocycles. The fourth-order valence-electron chi connectivity index (χ4n) is 1.63. The van der Waals surface area contributed by atoms with Gasteiger partial charge in [-0.25, -0.2) is 0 Å². The number of anilines is 1. The summed E-state index contributed by atoms with van der Waals surface area (Å²) in [7, 11) is 2.04. The first-order valence-corrected chi connectivity index (χ1v) is 6.64. The lowest BCUT2D eigenvalue weighted by Crippen LogP contribution is -2.25. The van der Waals surface area contributed by atoms with Crippen molar-refractivity contribution in [2.75, 3.05) is 25.0 Å². The second-order valence-corrected chi connectivity index (χ2v) is 5.00. The summed E-state index contributed by atoms with van der Waals surface area (Å²) in [6.45, 7) is 8.11. The summed E-state index contributed by atoms with van der Waals surface area (Å²) < 4.78 is 0. The minimum atomic E-state index is 0.0151. The Balaban J connectivity index is 2.54. The van der Waals surface area contributed by atoms with Gasteiger partial charge >= 0.3 is 0 Å². The fraction of sp³-hybridized carbons (Fsp3) is 0.533. The molecule has 100 valence electrons. The zero-order chi connectivity index (χ0) is 13.5. The molecule has 1 rings (SSSR count). The average molecular weight is 248 g/mol. The molecule has 3 nitrogen and oxygen atoms in total. The maximum atomic E-state index is 11.9. The van der Waals surface area contributed by atoms with Gasteiger partial charge < -0.3 is 10.2 Å². The largest absolute Gasteiger partial charge is 0.375 e. The molecule has 0 bridgehead atoms. The van der Waals surface area contributed by atoms with Crippen molar-refractivity contribution in [3.05, 3.63) is 29.8 Å². The Morgan fingerprint density at radius 3 is 2.39 bits per heavy atom. The molecule has 0 aromatic heterocycles. The summed E-state index contributed by atoms with van der Waals surface area (Å²) in [6, 6.07) is 7.74. The number of carbonyl (C=O) groups excluding carboxylic acids is 1. The number of hydrogen-bond acceptors (Lipinski definition) is 2. The van der Waals surface area contributed by atoms with E-state index in [0.29, 0.717) is 5.92 Å². The first-order valence-electron chi connectivity index (χ1n) is 6.64. The highest BCUT2D eigenvalue weighted by atomic mass is 16.1. The molecule has 0 heterocycles. The Kier molecular flexibility index (Phi) is 5.69. The third-order valence-corrected chi connectivity index (χ3v) is 3.05. The highest BCUT2D eigenvalue weighted by Crippen LogP contribution is 2.13. The van der Waals surface area contributed by atoms with E-state index in [1.807, 2.05) is 31.3 Å². The van der Waals surface area contributed by atoms with Crippen LogP contribution in [0.15, 0.2) is 24.3 Å². The van der Waals surface area contributed by atoms with Crippen molar-refractivity contribution < 1.29 is 4.79 Å². The molecule has 1 amide bonds. The second kappa shape index (κ2) is 7.04. The van der Waals surface area contributed by atoms with Crippen LogP contribution in [0.25, 0.3) is 0 Å². The maximum absolute atomic E-state index is 11.9. The third kappa shape index (κ3) is 4.40. The lowest BCUT2D eigenvalue weighted by Gasteiger charge is -2.16. The number of amides is 1. The molecule has 0 aliphatic heterocycles. The molecule has 3 heteroatoms. The van der Waals surface area contributed by atoms with E-state index in [9.17, 15) is 4.79 Å². The van der Waals surface area contributed by atoms with E-state index in [-0.39, 0.29) is 5.91 Å². The topological polar surface area (TPSA) is 32.3 Å². The van der Waals surface area contributed by atoms with Crippen LogP contribution in [0.3, 0.4) is 0 Å². The minimum Gasteiger partial charge on any atom is -0.375 e. The molecular formula is C15H24N2O. The van der Waals surface area contributed by atoms with E-state index in [2.05, 4.69) is 31.0 Å². The minimum absolute atomic E-state index is 0.0151. The average Bonchev–Trinajstić information content (AvgIpc) is 2.37. The molecule has 0 saturated heterocycles. The first kappa shape index (κ1) is 14.6. The van der Waals surface area contributed by atoms with Crippen LogP contribution in [0.5, 0.6) is 0 Å². The molecule has 1 N–H and O–H groups in total.